The molecule has 2 unspecified atom stereocenters. The van der Waals surface area contributed by atoms with Crippen molar-refractivity contribution < 1.29 is 19.7 Å². The van der Waals surface area contributed by atoms with Crippen LogP contribution >= 0.6 is 0 Å². The van der Waals surface area contributed by atoms with E-state index in [2.05, 4.69) is 34.9 Å². The molecule has 1 amide bonds. The first kappa shape index (κ1) is 21.6. The van der Waals surface area contributed by atoms with Crippen LogP contribution in [-0.4, -0.2) is 42.1 Å². The smallest absolute Gasteiger partial charge is 0.407 e. The molecule has 1 heterocycles. The fourth-order valence-corrected chi connectivity index (χ4v) is 4.85. The lowest BCUT2D eigenvalue weighted by Gasteiger charge is -2.22. The molecular weight excluding hydrogens is 416 g/mol. The van der Waals surface area contributed by atoms with Crippen LogP contribution in [0.25, 0.3) is 11.1 Å². The van der Waals surface area contributed by atoms with E-state index in [4.69, 9.17) is 4.74 Å². The van der Waals surface area contributed by atoms with E-state index in [0.717, 1.165) is 30.6 Å². The molecule has 6 heteroatoms. The van der Waals surface area contributed by atoms with E-state index in [1.54, 1.807) is 0 Å². The van der Waals surface area contributed by atoms with Crippen molar-refractivity contribution >= 4 is 6.09 Å². The molecule has 2 atom stereocenters. The number of hydrogen-bond donors (Lipinski definition) is 4. The van der Waals surface area contributed by atoms with E-state index in [-0.39, 0.29) is 19.1 Å². The number of nitrogens with one attached hydrogen (secondary N) is 2. The van der Waals surface area contributed by atoms with Crippen LogP contribution in [-0.2, 0) is 17.7 Å². The molecule has 170 valence electrons. The minimum Gasteiger partial charge on any atom is -0.449 e. The molecule has 0 bridgehead atoms. The van der Waals surface area contributed by atoms with Gasteiger partial charge < -0.3 is 25.6 Å². The van der Waals surface area contributed by atoms with Crippen molar-refractivity contribution in [2.75, 3.05) is 19.7 Å². The van der Waals surface area contributed by atoms with Crippen molar-refractivity contribution in [2.24, 2.45) is 0 Å². The number of aliphatic hydroxyl groups excluding tert-OH is 2. The van der Waals surface area contributed by atoms with Gasteiger partial charge in [0, 0.05) is 19.0 Å². The number of benzene rings is 3. The number of amides is 1. The zero-order valence-electron chi connectivity index (χ0n) is 18.3. The second kappa shape index (κ2) is 9.35. The maximum atomic E-state index is 12.3. The third-order valence-corrected chi connectivity index (χ3v) is 6.62. The Bertz CT molecular complexity index is 1120. The van der Waals surface area contributed by atoms with Crippen molar-refractivity contribution in [1.82, 2.24) is 10.6 Å². The molecule has 2 aliphatic rings. The van der Waals surface area contributed by atoms with E-state index >= 15 is 0 Å². The summed E-state index contributed by atoms with van der Waals surface area (Å²) in [4.78, 5) is 12.3. The summed E-state index contributed by atoms with van der Waals surface area (Å²) < 4.78 is 5.50. The fourth-order valence-electron chi connectivity index (χ4n) is 4.85. The van der Waals surface area contributed by atoms with Crippen LogP contribution in [0.2, 0.25) is 0 Å². The predicted octanol–water partition coefficient (Wildman–Crippen LogP) is 3.27. The first-order chi connectivity index (χ1) is 16.1. The van der Waals surface area contributed by atoms with Crippen molar-refractivity contribution in [2.45, 2.75) is 31.1 Å². The van der Waals surface area contributed by atoms with Gasteiger partial charge in [0.2, 0.25) is 0 Å². The average Bonchev–Trinajstić information content (AvgIpc) is 3.19. The lowest BCUT2D eigenvalue weighted by atomic mass is 9.95. The molecule has 1 aliphatic heterocycles. The van der Waals surface area contributed by atoms with Gasteiger partial charge in [-0.1, -0.05) is 66.7 Å². The zero-order chi connectivity index (χ0) is 22.8. The number of alkyl carbamates (subject to hydrolysis) is 1. The number of ether oxygens (including phenoxy) is 1. The second-order valence-corrected chi connectivity index (χ2v) is 8.67. The number of fused-ring (bicyclic) bond motifs is 4. The van der Waals surface area contributed by atoms with Gasteiger partial charge in [0.05, 0.1) is 0 Å². The molecule has 3 aromatic rings. The third kappa shape index (κ3) is 4.37. The highest BCUT2D eigenvalue weighted by Gasteiger charge is 2.29. The van der Waals surface area contributed by atoms with Gasteiger partial charge in [-0.2, -0.15) is 0 Å². The molecule has 0 fully saturated rings. The van der Waals surface area contributed by atoms with E-state index in [9.17, 15) is 15.0 Å². The summed E-state index contributed by atoms with van der Waals surface area (Å²) >= 11 is 0. The molecule has 0 radical (unpaired) electrons. The number of aliphatic hydroxyl groups is 2. The van der Waals surface area contributed by atoms with Crippen LogP contribution in [0.5, 0.6) is 0 Å². The Kier molecular flexibility index (Phi) is 6.13. The monoisotopic (exact) mass is 444 g/mol. The molecule has 0 saturated heterocycles. The minimum atomic E-state index is -1.13. The van der Waals surface area contributed by atoms with Crippen LogP contribution in [0.4, 0.5) is 4.79 Å². The highest BCUT2D eigenvalue weighted by Crippen LogP contribution is 2.44. The summed E-state index contributed by atoms with van der Waals surface area (Å²) in [5, 5.41) is 26.9. The van der Waals surface area contributed by atoms with Gasteiger partial charge in [-0.05, 0) is 51.9 Å². The largest absolute Gasteiger partial charge is 0.449 e. The van der Waals surface area contributed by atoms with Crippen LogP contribution in [0.15, 0.2) is 66.7 Å². The van der Waals surface area contributed by atoms with E-state index in [0.29, 0.717) is 5.56 Å². The topological polar surface area (TPSA) is 90.8 Å². The first-order valence-corrected chi connectivity index (χ1v) is 11.4. The molecule has 0 spiro atoms. The molecule has 5 rings (SSSR count). The van der Waals surface area contributed by atoms with Crippen LogP contribution < -0.4 is 10.6 Å². The molecule has 3 aromatic carbocycles. The van der Waals surface area contributed by atoms with Crippen LogP contribution in [0.1, 0.15) is 39.8 Å². The Morgan fingerprint density at radius 3 is 2.42 bits per heavy atom. The summed E-state index contributed by atoms with van der Waals surface area (Å²) in [5.74, 6) is -0.0244. The molecule has 0 saturated carbocycles. The summed E-state index contributed by atoms with van der Waals surface area (Å²) in [6, 6.07) is 22.1. The van der Waals surface area contributed by atoms with Gasteiger partial charge in [-0.25, -0.2) is 4.79 Å². The predicted molar refractivity (Wildman–Crippen MR) is 126 cm³/mol. The van der Waals surface area contributed by atoms with Gasteiger partial charge in [0.15, 0.2) is 0 Å². The molecule has 1 aliphatic carbocycles. The van der Waals surface area contributed by atoms with Crippen molar-refractivity contribution in [3.05, 3.63) is 94.5 Å². The van der Waals surface area contributed by atoms with Gasteiger partial charge in [-0.15, -0.1) is 0 Å². The van der Waals surface area contributed by atoms with Crippen molar-refractivity contribution in [3.63, 3.8) is 0 Å². The molecule has 6 nitrogen and oxygen atoms in total. The quantitative estimate of drug-likeness (QED) is 0.469. The maximum Gasteiger partial charge on any atom is 0.407 e. The molecule has 0 aromatic heterocycles. The second-order valence-electron chi connectivity index (χ2n) is 8.67. The third-order valence-electron chi connectivity index (χ3n) is 6.62. The van der Waals surface area contributed by atoms with Gasteiger partial charge in [0.1, 0.15) is 18.8 Å². The van der Waals surface area contributed by atoms with E-state index < -0.39 is 18.3 Å². The Hall–Kier alpha value is -3.19. The van der Waals surface area contributed by atoms with Gasteiger partial charge in [0.25, 0.3) is 0 Å². The number of hydrogen-bond acceptors (Lipinski definition) is 5. The van der Waals surface area contributed by atoms with E-state index in [1.165, 1.54) is 22.3 Å². The van der Waals surface area contributed by atoms with Crippen LogP contribution in [0.3, 0.4) is 0 Å². The van der Waals surface area contributed by atoms with E-state index in [1.807, 2.05) is 42.5 Å². The lowest BCUT2D eigenvalue weighted by molar-refractivity contribution is 0.0185. The number of carbonyl (C=O) groups is 1. The minimum absolute atomic E-state index is 0.0244. The van der Waals surface area contributed by atoms with Crippen LogP contribution in [0, 0.1) is 0 Å². The fraction of sp³-hybridized carbons (Fsp3) is 0.296. The summed E-state index contributed by atoms with van der Waals surface area (Å²) in [6.45, 7) is 1.82. The molecule has 33 heavy (non-hydrogen) atoms. The van der Waals surface area contributed by atoms with Gasteiger partial charge >= 0.3 is 6.09 Å². The SMILES string of the molecule is O=C(NCC(O)C(O)c1ccc2c(c1)CCNC2)OCC1c2ccccc2-c2ccccc21. The Morgan fingerprint density at radius 1 is 1.00 bits per heavy atom. The Labute approximate surface area is 193 Å². The molecule has 4 N–H and O–H groups in total. The van der Waals surface area contributed by atoms with Crippen molar-refractivity contribution in [1.29, 1.82) is 0 Å². The summed E-state index contributed by atoms with van der Waals surface area (Å²) in [6.07, 6.45) is -1.94. The first-order valence-electron chi connectivity index (χ1n) is 11.4. The highest BCUT2D eigenvalue weighted by molar-refractivity contribution is 5.79. The zero-order valence-corrected chi connectivity index (χ0v) is 18.3. The lowest BCUT2D eigenvalue weighted by Crippen LogP contribution is -2.36. The maximum absolute atomic E-state index is 12.3. The Morgan fingerprint density at radius 2 is 1.70 bits per heavy atom. The number of carbonyl (C=O) groups excluding carboxylic acids is 1. The standard InChI is InChI=1S/C27H28N2O4/c30-25(26(31)18-9-10-19-14-28-12-11-17(19)13-18)15-29-27(32)33-16-24-22-7-3-1-5-20(22)21-6-2-4-8-23(21)24/h1-10,13,24-26,28,30-31H,11-12,14-16H2,(H,29,32). The summed E-state index contributed by atoms with van der Waals surface area (Å²) in [7, 11) is 0. The van der Waals surface area contributed by atoms with Gasteiger partial charge in [-0.3, -0.25) is 0 Å². The Balaban J connectivity index is 1.17. The summed E-state index contributed by atoms with van der Waals surface area (Å²) in [5.41, 5.74) is 7.67. The average molecular weight is 445 g/mol. The highest BCUT2D eigenvalue weighted by atomic mass is 16.5. The van der Waals surface area contributed by atoms with Crippen molar-refractivity contribution in [3.8, 4) is 11.1 Å². The normalized spacial score (nSPS) is 16.3. The number of rotatable bonds is 6. The molecular formula is C27H28N2O4.